The van der Waals surface area contributed by atoms with E-state index in [1.54, 1.807) is 30.9 Å². The highest BCUT2D eigenvalue weighted by Crippen LogP contribution is 2.33. The number of esters is 1. The molecule has 0 saturated heterocycles. The minimum Gasteiger partial charge on any atom is -0.493 e. The van der Waals surface area contributed by atoms with Gasteiger partial charge in [0.25, 0.3) is 5.91 Å². The molecule has 4 rings (SSSR count). The molecule has 7 nitrogen and oxygen atoms in total. The van der Waals surface area contributed by atoms with Gasteiger partial charge in [-0.15, -0.1) is 0 Å². The highest BCUT2D eigenvalue weighted by Gasteiger charge is 2.16. The SMILES string of the molecule is COC(=O)Cn1c(=NC(=O)Cc2cccc3ccccc23)sc2cc(OC)c(OC)cc21. The zero-order chi connectivity index (χ0) is 22.7. The van der Waals surface area contributed by atoms with Crippen LogP contribution in [0, 0.1) is 0 Å². The van der Waals surface area contributed by atoms with Crippen molar-refractivity contribution < 1.29 is 23.8 Å². The number of carbonyl (C=O) groups is 2. The zero-order valence-electron chi connectivity index (χ0n) is 18.0. The summed E-state index contributed by atoms with van der Waals surface area (Å²) in [5.41, 5.74) is 1.61. The smallest absolute Gasteiger partial charge is 0.325 e. The van der Waals surface area contributed by atoms with Gasteiger partial charge in [-0.25, -0.2) is 0 Å². The summed E-state index contributed by atoms with van der Waals surface area (Å²) >= 11 is 1.30. The van der Waals surface area contributed by atoms with Crippen LogP contribution in [0.25, 0.3) is 21.0 Å². The second-order valence-corrected chi connectivity index (χ2v) is 8.05. The molecule has 0 aliphatic heterocycles. The maximum absolute atomic E-state index is 12.9. The summed E-state index contributed by atoms with van der Waals surface area (Å²) in [6.07, 6.45) is 0.153. The van der Waals surface area contributed by atoms with Gasteiger partial charge in [0, 0.05) is 12.1 Å². The normalized spacial score (nSPS) is 11.7. The van der Waals surface area contributed by atoms with Crippen molar-refractivity contribution in [1.82, 2.24) is 4.57 Å². The van der Waals surface area contributed by atoms with E-state index in [4.69, 9.17) is 14.2 Å². The molecule has 0 radical (unpaired) electrons. The van der Waals surface area contributed by atoms with Crippen LogP contribution in [0.2, 0.25) is 0 Å². The largest absolute Gasteiger partial charge is 0.493 e. The van der Waals surface area contributed by atoms with Crippen LogP contribution in [0.3, 0.4) is 0 Å². The van der Waals surface area contributed by atoms with Crippen molar-refractivity contribution in [2.45, 2.75) is 13.0 Å². The number of thiazole rings is 1. The molecule has 0 saturated carbocycles. The Balaban J connectivity index is 1.79. The van der Waals surface area contributed by atoms with Crippen molar-refractivity contribution in [2.75, 3.05) is 21.3 Å². The minimum absolute atomic E-state index is 0.0770. The number of carbonyl (C=O) groups excluding carboxylic acids is 2. The van der Waals surface area contributed by atoms with Gasteiger partial charge in [-0.3, -0.25) is 9.59 Å². The lowest BCUT2D eigenvalue weighted by atomic mass is 10.0. The molecule has 0 spiro atoms. The topological polar surface area (TPSA) is 79.1 Å². The molecular formula is C24H22N2O5S. The Morgan fingerprint density at radius 1 is 0.969 bits per heavy atom. The van der Waals surface area contributed by atoms with Crippen molar-refractivity contribution in [1.29, 1.82) is 0 Å². The number of methoxy groups -OCH3 is 3. The fourth-order valence-electron chi connectivity index (χ4n) is 3.58. The van der Waals surface area contributed by atoms with Crippen LogP contribution in [-0.4, -0.2) is 37.8 Å². The summed E-state index contributed by atoms with van der Waals surface area (Å²) in [6, 6.07) is 17.4. The number of ether oxygens (including phenoxy) is 3. The molecule has 1 amide bonds. The maximum Gasteiger partial charge on any atom is 0.325 e. The Labute approximate surface area is 188 Å². The number of hydrogen-bond acceptors (Lipinski definition) is 6. The molecule has 32 heavy (non-hydrogen) atoms. The highest BCUT2D eigenvalue weighted by atomic mass is 32.1. The molecule has 0 fully saturated rings. The first-order valence-electron chi connectivity index (χ1n) is 9.90. The van der Waals surface area contributed by atoms with Crippen LogP contribution in [0.5, 0.6) is 11.5 Å². The predicted molar refractivity (Wildman–Crippen MR) is 123 cm³/mol. The van der Waals surface area contributed by atoms with Crippen LogP contribution < -0.4 is 14.3 Å². The molecule has 1 heterocycles. The predicted octanol–water partition coefficient (Wildman–Crippen LogP) is 3.72. The average molecular weight is 451 g/mol. The van der Waals surface area contributed by atoms with E-state index in [2.05, 4.69) is 4.99 Å². The summed E-state index contributed by atoms with van der Waals surface area (Å²) < 4.78 is 18.1. The molecule has 0 aliphatic rings. The van der Waals surface area contributed by atoms with E-state index in [9.17, 15) is 9.59 Å². The molecule has 0 atom stereocenters. The summed E-state index contributed by atoms with van der Waals surface area (Å²) in [7, 11) is 4.42. The second kappa shape index (κ2) is 9.23. The number of benzene rings is 3. The Morgan fingerprint density at radius 2 is 1.69 bits per heavy atom. The molecule has 0 aliphatic carbocycles. The van der Waals surface area contributed by atoms with Crippen molar-refractivity contribution in [3.8, 4) is 11.5 Å². The minimum atomic E-state index is -0.442. The van der Waals surface area contributed by atoms with E-state index in [1.165, 1.54) is 18.4 Å². The molecule has 0 N–H and O–H groups in total. The van der Waals surface area contributed by atoms with Crippen molar-refractivity contribution in [2.24, 2.45) is 4.99 Å². The first-order chi connectivity index (χ1) is 15.5. The van der Waals surface area contributed by atoms with E-state index in [-0.39, 0.29) is 18.9 Å². The average Bonchev–Trinajstić information content (AvgIpc) is 3.13. The zero-order valence-corrected chi connectivity index (χ0v) is 18.8. The number of rotatable bonds is 6. The summed E-state index contributed by atoms with van der Waals surface area (Å²) in [4.78, 5) is 29.7. The maximum atomic E-state index is 12.9. The molecule has 0 unspecified atom stereocenters. The lowest BCUT2D eigenvalue weighted by molar-refractivity contribution is -0.141. The summed E-state index contributed by atoms with van der Waals surface area (Å²) in [5, 5.41) is 2.09. The van der Waals surface area contributed by atoms with E-state index in [1.807, 2.05) is 42.5 Å². The molecule has 1 aromatic heterocycles. The van der Waals surface area contributed by atoms with E-state index in [0.29, 0.717) is 21.8 Å². The standard InChI is InChI=1S/C24H22N2O5S/c1-29-19-12-18-21(13-20(19)30-2)32-24(26(18)14-23(28)31-3)25-22(27)11-16-9-6-8-15-7-4-5-10-17(15)16/h4-10,12-13H,11,14H2,1-3H3. The third-order valence-electron chi connectivity index (χ3n) is 5.14. The van der Waals surface area contributed by atoms with Gasteiger partial charge >= 0.3 is 5.97 Å². The van der Waals surface area contributed by atoms with E-state index >= 15 is 0 Å². The fraction of sp³-hybridized carbons (Fsp3) is 0.208. The summed E-state index contributed by atoms with van der Waals surface area (Å²) in [6.45, 7) is -0.0770. The van der Waals surface area contributed by atoms with Crippen LogP contribution in [-0.2, 0) is 27.3 Å². The molecule has 8 heteroatoms. The van der Waals surface area contributed by atoms with Crippen molar-refractivity contribution in [3.63, 3.8) is 0 Å². The number of nitrogens with zero attached hydrogens (tertiary/aromatic N) is 2. The molecule has 164 valence electrons. The number of hydrogen-bond donors (Lipinski definition) is 0. The first-order valence-corrected chi connectivity index (χ1v) is 10.7. The van der Waals surface area contributed by atoms with Crippen molar-refractivity contribution >= 4 is 44.2 Å². The quantitative estimate of drug-likeness (QED) is 0.419. The Kier molecular flexibility index (Phi) is 6.23. The Hall–Kier alpha value is -3.65. The molecular weight excluding hydrogens is 428 g/mol. The van der Waals surface area contributed by atoms with Gasteiger partial charge in [0.2, 0.25) is 0 Å². The third kappa shape index (κ3) is 4.22. The van der Waals surface area contributed by atoms with Crippen molar-refractivity contribution in [3.05, 3.63) is 65.0 Å². The number of fused-ring (bicyclic) bond motifs is 2. The lowest BCUT2D eigenvalue weighted by Crippen LogP contribution is -2.22. The molecule has 4 aromatic rings. The fourth-order valence-corrected chi connectivity index (χ4v) is 4.64. The first kappa shape index (κ1) is 21.6. The molecule has 0 bridgehead atoms. The monoisotopic (exact) mass is 450 g/mol. The molecule has 3 aromatic carbocycles. The second-order valence-electron chi connectivity index (χ2n) is 7.04. The van der Waals surface area contributed by atoms with Gasteiger partial charge in [-0.1, -0.05) is 53.8 Å². The Morgan fingerprint density at radius 3 is 2.44 bits per heavy atom. The third-order valence-corrected chi connectivity index (χ3v) is 6.19. The lowest BCUT2D eigenvalue weighted by Gasteiger charge is -2.09. The van der Waals surface area contributed by atoms with Gasteiger partial charge in [0.1, 0.15) is 6.54 Å². The van der Waals surface area contributed by atoms with Crippen LogP contribution in [0.1, 0.15) is 5.56 Å². The van der Waals surface area contributed by atoms with E-state index in [0.717, 1.165) is 21.0 Å². The van der Waals surface area contributed by atoms with Gasteiger partial charge in [-0.05, 0) is 16.3 Å². The number of amides is 1. The van der Waals surface area contributed by atoms with Crippen LogP contribution in [0.4, 0.5) is 0 Å². The van der Waals surface area contributed by atoms with Gasteiger partial charge < -0.3 is 18.8 Å². The van der Waals surface area contributed by atoms with Crippen LogP contribution >= 0.6 is 11.3 Å². The van der Waals surface area contributed by atoms with Gasteiger partial charge in [0.15, 0.2) is 16.3 Å². The van der Waals surface area contributed by atoms with Gasteiger partial charge in [-0.2, -0.15) is 4.99 Å². The van der Waals surface area contributed by atoms with Crippen LogP contribution in [0.15, 0.2) is 59.6 Å². The Bertz CT molecular complexity index is 1380. The van der Waals surface area contributed by atoms with Gasteiger partial charge in [0.05, 0.1) is 38.0 Å². The highest BCUT2D eigenvalue weighted by molar-refractivity contribution is 7.16. The summed E-state index contributed by atoms with van der Waals surface area (Å²) in [5.74, 6) is 0.332. The number of aromatic nitrogens is 1. The van der Waals surface area contributed by atoms with E-state index < -0.39 is 5.97 Å².